The Labute approximate surface area is 107 Å². The summed E-state index contributed by atoms with van der Waals surface area (Å²) in [6.45, 7) is 0.195. The lowest BCUT2D eigenvalue weighted by Gasteiger charge is -2.08. The van der Waals surface area contributed by atoms with Gasteiger partial charge in [0.25, 0.3) is 5.56 Å². The van der Waals surface area contributed by atoms with Gasteiger partial charge < -0.3 is 11.5 Å². The number of anilines is 1. The lowest BCUT2D eigenvalue weighted by atomic mass is 10.1. The van der Waals surface area contributed by atoms with Gasteiger partial charge in [-0.3, -0.25) is 19.1 Å². The maximum Gasteiger partial charge on any atom is 0.328 e. The van der Waals surface area contributed by atoms with Crippen LogP contribution in [0.1, 0.15) is 15.9 Å². The van der Waals surface area contributed by atoms with E-state index in [1.54, 1.807) is 6.07 Å². The number of carbonyl (C=O) groups excluding carboxylic acids is 1. The van der Waals surface area contributed by atoms with Gasteiger partial charge in [-0.25, -0.2) is 4.79 Å². The van der Waals surface area contributed by atoms with Gasteiger partial charge in [0.2, 0.25) is 5.91 Å². The average Bonchev–Trinajstić information content (AvgIpc) is 2.34. The first-order valence-corrected chi connectivity index (χ1v) is 5.45. The number of hydrogen-bond donors (Lipinski definition) is 3. The standard InChI is InChI=1S/C12H12N4O3/c13-9-5-7(11(14)18)1-2-8(9)6-16-4-3-10(17)15-12(16)19/h1-5H,6,13H2,(H2,14,18)(H,15,17,19). The molecule has 0 radical (unpaired) electrons. The quantitative estimate of drug-likeness (QED) is 0.629. The molecule has 0 aliphatic carbocycles. The third-order valence-corrected chi connectivity index (χ3v) is 2.67. The molecule has 1 amide bonds. The Balaban J connectivity index is 2.36. The van der Waals surface area contributed by atoms with Gasteiger partial charge in [-0.05, 0) is 17.7 Å². The summed E-state index contributed by atoms with van der Waals surface area (Å²) in [5.74, 6) is -0.570. The van der Waals surface area contributed by atoms with Gasteiger partial charge in [0, 0.05) is 23.5 Å². The Hall–Kier alpha value is -2.83. The summed E-state index contributed by atoms with van der Waals surface area (Å²) in [6.07, 6.45) is 1.38. The maximum atomic E-state index is 11.5. The van der Waals surface area contributed by atoms with Crippen molar-refractivity contribution in [1.82, 2.24) is 9.55 Å². The fourth-order valence-corrected chi connectivity index (χ4v) is 1.64. The van der Waals surface area contributed by atoms with Crippen LogP contribution in [0.2, 0.25) is 0 Å². The number of H-pyrrole nitrogens is 1. The Bertz CT molecular complexity index is 745. The van der Waals surface area contributed by atoms with E-state index in [9.17, 15) is 14.4 Å². The molecule has 7 nitrogen and oxygen atoms in total. The minimum absolute atomic E-state index is 0.195. The number of aromatic amines is 1. The molecule has 0 saturated heterocycles. The molecule has 2 aromatic rings. The van der Waals surface area contributed by atoms with Gasteiger partial charge in [-0.1, -0.05) is 6.07 Å². The van der Waals surface area contributed by atoms with Gasteiger partial charge in [0.1, 0.15) is 0 Å². The van der Waals surface area contributed by atoms with Crippen LogP contribution in [0.15, 0.2) is 40.1 Å². The molecule has 0 aliphatic rings. The van der Waals surface area contributed by atoms with Crippen LogP contribution in [-0.2, 0) is 6.54 Å². The van der Waals surface area contributed by atoms with Crippen molar-refractivity contribution in [1.29, 1.82) is 0 Å². The normalized spacial score (nSPS) is 10.3. The number of nitrogens with zero attached hydrogens (tertiary/aromatic N) is 1. The van der Waals surface area contributed by atoms with Crippen molar-refractivity contribution in [3.05, 3.63) is 62.4 Å². The van der Waals surface area contributed by atoms with Gasteiger partial charge in [0.15, 0.2) is 0 Å². The number of nitrogen functional groups attached to an aromatic ring is 1. The average molecular weight is 260 g/mol. The van der Waals surface area contributed by atoms with Gasteiger partial charge in [-0.2, -0.15) is 0 Å². The van der Waals surface area contributed by atoms with Crippen molar-refractivity contribution in [2.75, 3.05) is 5.73 Å². The van der Waals surface area contributed by atoms with E-state index in [0.29, 0.717) is 16.8 Å². The first-order chi connectivity index (χ1) is 8.97. The number of rotatable bonds is 3. The minimum Gasteiger partial charge on any atom is -0.398 e. The van der Waals surface area contributed by atoms with Crippen molar-refractivity contribution in [2.24, 2.45) is 5.73 Å². The topological polar surface area (TPSA) is 124 Å². The van der Waals surface area contributed by atoms with Gasteiger partial charge >= 0.3 is 5.69 Å². The molecular formula is C12H12N4O3. The molecule has 1 aromatic heterocycles. The van der Waals surface area contributed by atoms with E-state index in [1.165, 1.54) is 29.0 Å². The molecule has 98 valence electrons. The van der Waals surface area contributed by atoms with Crippen molar-refractivity contribution >= 4 is 11.6 Å². The molecule has 5 N–H and O–H groups in total. The molecule has 19 heavy (non-hydrogen) atoms. The maximum absolute atomic E-state index is 11.5. The van der Waals surface area contributed by atoms with Crippen LogP contribution in [0.25, 0.3) is 0 Å². The third kappa shape index (κ3) is 2.71. The molecular weight excluding hydrogens is 248 g/mol. The molecule has 2 rings (SSSR count). The first kappa shape index (κ1) is 12.6. The lowest BCUT2D eigenvalue weighted by Crippen LogP contribution is -2.29. The van der Waals surface area contributed by atoms with E-state index >= 15 is 0 Å². The molecule has 0 unspecified atom stereocenters. The van der Waals surface area contributed by atoms with E-state index in [0.717, 1.165) is 0 Å². The van der Waals surface area contributed by atoms with Crippen LogP contribution in [0.3, 0.4) is 0 Å². The van der Waals surface area contributed by atoms with Crippen molar-refractivity contribution in [3.63, 3.8) is 0 Å². The van der Waals surface area contributed by atoms with E-state index in [2.05, 4.69) is 4.98 Å². The summed E-state index contributed by atoms with van der Waals surface area (Å²) in [7, 11) is 0. The lowest BCUT2D eigenvalue weighted by molar-refractivity contribution is 0.100. The molecule has 0 atom stereocenters. The van der Waals surface area contributed by atoms with E-state index in [1.807, 2.05) is 0 Å². The number of hydrogen-bond acceptors (Lipinski definition) is 4. The molecule has 0 bridgehead atoms. The second kappa shape index (κ2) is 4.81. The summed E-state index contributed by atoms with van der Waals surface area (Å²) < 4.78 is 1.30. The highest BCUT2D eigenvalue weighted by atomic mass is 16.2. The Morgan fingerprint density at radius 1 is 1.26 bits per heavy atom. The summed E-state index contributed by atoms with van der Waals surface area (Å²) in [6, 6.07) is 5.85. The van der Waals surface area contributed by atoms with Crippen LogP contribution in [0.5, 0.6) is 0 Å². The molecule has 0 spiro atoms. The zero-order valence-electron chi connectivity index (χ0n) is 9.92. The second-order valence-electron chi connectivity index (χ2n) is 4.02. The SMILES string of the molecule is NC(=O)c1ccc(Cn2ccc(=O)[nH]c2=O)c(N)c1. The number of benzene rings is 1. The number of nitrogens with two attached hydrogens (primary N) is 2. The van der Waals surface area contributed by atoms with E-state index in [4.69, 9.17) is 11.5 Å². The number of carbonyl (C=O) groups is 1. The predicted molar refractivity (Wildman–Crippen MR) is 69.8 cm³/mol. The van der Waals surface area contributed by atoms with E-state index < -0.39 is 17.2 Å². The minimum atomic E-state index is -0.570. The molecule has 0 fully saturated rings. The fraction of sp³-hybridized carbons (Fsp3) is 0.0833. The van der Waals surface area contributed by atoms with Crippen molar-refractivity contribution in [2.45, 2.75) is 6.54 Å². The molecule has 7 heteroatoms. The van der Waals surface area contributed by atoms with E-state index in [-0.39, 0.29) is 6.54 Å². The molecule has 0 aliphatic heterocycles. The highest BCUT2D eigenvalue weighted by molar-refractivity contribution is 5.93. The molecule has 1 heterocycles. The third-order valence-electron chi connectivity index (χ3n) is 2.67. The fourth-order valence-electron chi connectivity index (χ4n) is 1.64. The second-order valence-corrected chi connectivity index (χ2v) is 4.02. The summed E-state index contributed by atoms with van der Waals surface area (Å²) in [4.78, 5) is 35.6. The number of aromatic nitrogens is 2. The zero-order valence-corrected chi connectivity index (χ0v) is 9.92. The van der Waals surface area contributed by atoms with Crippen LogP contribution < -0.4 is 22.7 Å². The summed E-state index contributed by atoms with van der Waals surface area (Å²) in [5, 5.41) is 0. The largest absolute Gasteiger partial charge is 0.398 e. The highest BCUT2D eigenvalue weighted by Gasteiger charge is 2.06. The smallest absolute Gasteiger partial charge is 0.328 e. The van der Waals surface area contributed by atoms with Crippen molar-refractivity contribution in [3.8, 4) is 0 Å². The van der Waals surface area contributed by atoms with Crippen LogP contribution in [-0.4, -0.2) is 15.5 Å². The Morgan fingerprint density at radius 3 is 2.58 bits per heavy atom. The van der Waals surface area contributed by atoms with Crippen molar-refractivity contribution < 1.29 is 4.79 Å². The summed E-state index contributed by atoms with van der Waals surface area (Å²) >= 11 is 0. The predicted octanol–water partition coefficient (Wildman–Crippen LogP) is -0.734. The number of amides is 1. The zero-order chi connectivity index (χ0) is 14.0. The Kier molecular flexibility index (Phi) is 3.19. The van der Waals surface area contributed by atoms with Gasteiger partial charge in [-0.15, -0.1) is 0 Å². The van der Waals surface area contributed by atoms with Crippen LogP contribution in [0.4, 0.5) is 5.69 Å². The molecule has 0 saturated carbocycles. The number of nitrogens with one attached hydrogen (secondary N) is 1. The van der Waals surface area contributed by atoms with Crippen LogP contribution in [0, 0.1) is 0 Å². The summed E-state index contributed by atoms with van der Waals surface area (Å²) in [5.41, 5.74) is 11.3. The Morgan fingerprint density at radius 2 is 2.00 bits per heavy atom. The molecule has 1 aromatic carbocycles. The highest BCUT2D eigenvalue weighted by Crippen LogP contribution is 2.14. The van der Waals surface area contributed by atoms with Gasteiger partial charge in [0.05, 0.1) is 6.54 Å². The van der Waals surface area contributed by atoms with Crippen LogP contribution >= 0.6 is 0 Å². The first-order valence-electron chi connectivity index (χ1n) is 5.45. The monoisotopic (exact) mass is 260 g/mol. The number of primary amides is 1.